The maximum atomic E-state index is 10.0. The van der Waals surface area contributed by atoms with Crippen LogP contribution in [0.5, 0.6) is 0 Å². The van der Waals surface area contributed by atoms with E-state index in [9.17, 15) is 4.79 Å². The van der Waals surface area contributed by atoms with Crippen LogP contribution in [0.1, 0.15) is 0 Å². The number of aliphatic carboxylic acids is 1. The molecule has 0 unspecified atom stereocenters. The number of rotatable bonds is 2. The van der Waals surface area contributed by atoms with Gasteiger partial charge < -0.3 is 5.11 Å². The highest BCUT2D eigenvalue weighted by molar-refractivity contribution is 6.76. The van der Waals surface area contributed by atoms with Crippen molar-refractivity contribution in [2.75, 3.05) is 0 Å². The Morgan fingerprint density at radius 1 is 1.17 bits per heavy atom. The predicted molar refractivity (Wildman–Crippen MR) is 51.5 cm³/mol. The third-order valence-electron chi connectivity index (χ3n) is 0.813. The van der Waals surface area contributed by atoms with Gasteiger partial charge in [0.05, 0.1) is 0 Å². The Labute approximate surface area is 94.0 Å². The molecule has 0 aromatic heterocycles. The van der Waals surface area contributed by atoms with E-state index in [1.807, 2.05) is 0 Å². The maximum Gasteiger partial charge on any atom is 0.328 e. The summed E-state index contributed by atoms with van der Waals surface area (Å²) in [6.45, 7) is 0. The first-order valence-electron chi connectivity index (χ1n) is 2.53. The number of carboxylic acids is 1. The monoisotopic (exact) mass is 270 g/mol. The second-order valence-corrected chi connectivity index (χ2v) is 5.46. The standard InChI is InChI=1S/C5H3Cl5O2/c6-4(7,5(8,9)10)2-1-3(11)12/h1-2H,(H,11,12)/b2-1+. The van der Waals surface area contributed by atoms with Gasteiger partial charge in [-0.15, -0.1) is 0 Å². The highest BCUT2D eigenvalue weighted by atomic mass is 35.6. The SMILES string of the molecule is O=C(O)/C=C/C(Cl)(Cl)C(Cl)(Cl)Cl. The molecule has 0 fully saturated rings. The van der Waals surface area contributed by atoms with Gasteiger partial charge in [-0.05, 0) is 6.08 Å². The molecule has 12 heavy (non-hydrogen) atoms. The zero-order valence-corrected chi connectivity index (χ0v) is 9.18. The molecule has 0 bridgehead atoms. The Kier molecular flexibility index (Phi) is 4.48. The van der Waals surface area contributed by atoms with Crippen molar-refractivity contribution in [3.8, 4) is 0 Å². The molecule has 7 heteroatoms. The zero-order chi connectivity index (χ0) is 9.99. The summed E-state index contributed by atoms with van der Waals surface area (Å²) in [5.74, 6) is -1.23. The summed E-state index contributed by atoms with van der Waals surface area (Å²) in [5, 5.41) is 8.21. The molecule has 0 aromatic rings. The number of carbonyl (C=O) groups is 1. The Morgan fingerprint density at radius 3 is 1.83 bits per heavy atom. The van der Waals surface area contributed by atoms with Crippen LogP contribution in [0, 0.1) is 0 Å². The topological polar surface area (TPSA) is 37.3 Å². The quantitative estimate of drug-likeness (QED) is 0.619. The van der Waals surface area contributed by atoms with Crippen LogP contribution >= 0.6 is 58.0 Å². The van der Waals surface area contributed by atoms with Gasteiger partial charge in [-0.1, -0.05) is 58.0 Å². The van der Waals surface area contributed by atoms with Crippen molar-refractivity contribution in [3.63, 3.8) is 0 Å². The largest absolute Gasteiger partial charge is 0.478 e. The molecule has 2 nitrogen and oxygen atoms in total. The van der Waals surface area contributed by atoms with Gasteiger partial charge in [0.25, 0.3) is 0 Å². The van der Waals surface area contributed by atoms with Crippen LogP contribution < -0.4 is 0 Å². The molecule has 0 aliphatic heterocycles. The van der Waals surface area contributed by atoms with Crippen LogP contribution in [0.25, 0.3) is 0 Å². The first-order valence-corrected chi connectivity index (χ1v) is 4.42. The average Bonchev–Trinajstić information content (AvgIpc) is 1.81. The molecule has 1 N–H and O–H groups in total. The Bertz CT molecular complexity index is 204. The van der Waals surface area contributed by atoms with Gasteiger partial charge in [0, 0.05) is 6.08 Å². The zero-order valence-electron chi connectivity index (χ0n) is 5.40. The van der Waals surface area contributed by atoms with Gasteiger partial charge in [0.2, 0.25) is 3.79 Å². The molecule has 70 valence electrons. The van der Waals surface area contributed by atoms with E-state index in [0.29, 0.717) is 6.08 Å². The van der Waals surface area contributed by atoms with Crippen LogP contribution in [0.15, 0.2) is 12.2 Å². The number of allylic oxidation sites excluding steroid dienone is 1. The van der Waals surface area contributed by atoms with E-state index in [1.54, 1.807) is 0 Å². The Balaban J connectivity index is 4.54. The van der Waals surface area contributed by atoms with Crippen LogP contribution in [0.4, 0.5) is 0 Å². The van der Waals surface area contributed by atoms with E-state index in [0.717, 1.165) is 6.08 Å². The number of alkyl halides is 5. The Morgan fingerprint density at radius 2 is 1.58 bits per heavy atom. The first-order chi connectivity index (χ1) is 5.17. The van der Waals surface area contributed by atoms with E-state index >= 15 is 0 Å². The van der Waals surface area contributed by atoms with Gasteiger partial charge in [0.15, 0.2) is 4.33 Å². The molecule has 0 aromatic carbocycles. The lowest BCUT2D eigenvalue weighted by molar-refractivity contribution is -0.131. The van der Waals surface area contributed by atoms with Gasteiger partial charge in [-0.2, -0.15) is 0 Å². The maximum absolute atomic E-state index is 10.0. The molecule has 0 saturated heterocycles. The summed E-state index contributed by atoms with van der Waals surface area (Å²) < 4.78 is -3.82. The number of hydrogen-bond acceptors (Lipinski definition) is 1. The van der Waals surface area contributed by atoms with E-state index in [-0.39, 0.29) is 0 Å². The second-order valence-electron chi connectivity index (χ2n) is 1.79. The minimum absolute atomic E-state index is 0.696. The third kappa shape index (κ3) is 4.06. The van der Waals surface area contributed by atoms with Crippen LogP contribution in [0.3, 0.4) is 0 Å². The molecular formula is C5H3Cl5O2. The molecule has 0 heterocycles. The predicted octanol–water partition coefficient (Wildman–Crippen LogP) is 3.17. The van der Waals surface area contributed by atoms with Crippen molar-refractivity contribution in [1.82, 2.24) is 0 Å². The fourth-order valence-corrected chi connectivity index (χ4v) is 0.585. The van der Waals surface area contributed by atoms with E-state index in [4.69, 9.17) is 63.1 Å². The number of hydrogen-bond donors (Lipinski definition) is 1. The summed E-state index contributed by atoms with van der Waals surface area (Å²) in [5.41, 5.74) is 0. The molecule has 0 amide bonds. The summed E-state index contributed by atoms with van der Waals surface area (Å²) in [7, 11) is 0. The van der Waals surface area contributed by atoms with Crippen molar-refractivity contribution < 1.29 is 9.90 Å². The lowest BCUT2D eigenvalue weighted by atomic mass is 10.4. The first kappa shape index (κ1) is 12.7. The molecule has 0 aliphatic rings. The second kappa shape index (κ2) is 4.25. The number of halogens is 5. The van der Waals surface area contributed by atoms with E-state index in [2.05, 4.69) is 0 Å². The molecule has 0 spiro atoms. The highest BCUT2D eigenvalue weighted by Gasteiger charge is 2.43. The minimum atomic E-state index is -1.97. The van der Waals surface area contributed by atoms with E-state index in [1.165, 1.54) is 0 Å². The van der Waals surface area contributed by atoms with Crippen molar-refractivity contribution >= 4 is 64.0 Å². The molecular weight excluding hydrogens is 269 g/mol. The lowest BCUT2D eigenvalue weighted by Gasteiger charge is -2.23. The summed E-state index contributed by atoms with van der Waals surface area (Å²) in [4.78, 5) is 10.0. The van der Waals surface area contributed by atoms with Gasteiger partial charge in [0.1, 0.15) is 0 Å². The highest BCUT2D eigenvalue weighted by Crippen LogP contribution is 2.46. The normalized spacial score (nSPS) is 13.8. The van der Waals surface area contributed by atoms with Crippen LogP contribution in [0.2, 0.25) is 0 Å². The van der Waals surface area contributed by atoms with Crippen molar-refractivity contribution in [2.24, 2.45) is 0 Å². The van der Waals surface area contributed by atoms with Crippen molar-refractivity contribution in [1.29, 1.82) is 0 Å². The molecule has 0 saturated carbocycles. The lowest BCUT2D eigenvalue weighted by Crippen LogP contribution is -2.28. The minimum Gasteiger partial charge on any atom is -0.478 e. The fourth-order valence-electron chi connectivity index (χ4n) is 0.270. The van der Waals surface area contributed by atoms with Crippen molar-refractivity contribution in [3.05, 3.63) is 12.2 Å². The third-order valence-corrected chi connectivity index (χ3v) is 3.11. The molecule has 0 aliphatic carbocycles. The molecule has 0 radical (unpaired) electrons. The summed E-state index contributed by atoms with van der Waals surface area (Å²) >= 11 is 26.9. The summed E-state index contributed by atoms with van der Waals surface area (Å²) in [6.07, 6.45) is 1.58. The number of carboxylic acid groups (broad SMARTS) is 1. The summed E-state index contributed by atoms with van der Waals surface area (Å²) in [6, 6.07) is 0. The van der Waals surface area contributed by atoms with Crippen LogP contribution in [-0.4, -0.2) is 19.2 Å². The van der Waals surface area contributed by atoms with E-state index < -0.39 is 14.1 Å². The molecule has 0 atom stereocenters. The average molecular weight is 272 g/mol. The molecule has 0 rings (SSSR count). The van der Waals surface area contributed by atoms with Gasteiger partial charge in [-0.3, -0.25) is 0 Å². The van der Waals surface area contributed by atoms with Gasteiger partial charge >= 0.3 is 5.97 Å². The van der Waals surface area contributed by atoms with Crippen molar-refractivity contribution in [2.45, 2.75) is 8.13 Å². The van der Waals surface area contributed by atoms with Crippen LogP contribution in [-0.2, 0) is 4.79 Å². The Hall–Kier alpha value is 0.660. The smallest absolute Gasteiger partial charge is 0.328 e. The fraction of sp³-hybridized carbons (Fsp3) is 0.400. The van der Waals surface area contributed by atoms with Gasteiger partial charge in [-0.25, -0.2) is 4.79 Å².